The minimum absolute atomic E-state index is 0.00580. The highest BCUT2D eigenvalue weighted by atomic mass is 32.1. The van der Waals surface area contributed by atoms with Crippen molar-refractivity contribution < 1.29 is 18.0 Å². The lowest BCUT2D eigenvalue weighted by atomic mass is 9.84. The largest absolute Gasteiger partial charge is 0.326 e. The summed E-state index contributed by atoms with van der Waals surface area (Å²) < 4.78 is 48.7. The highest BCUT2D eigenvalue weighted by molar-refractivity contribution is 7.00. The number of hydrogen-bond acceptors (Lipinski definition) is 4. The molecule has 0 unspecified atom stereocenters. The summed E-state index contributed by atoms with van der Waals surface area (Å²) in [5.41, 5.74) is 2.57. The Morgan fingerprint density at radius 3 is 2.61 bits per heavy atom. The molecule has 23 heavy (non-hydrogen) atoms. The first-order valence-electron chi connectivity index (χ1n) is 6.74. The first-order chi connectivity index (χ1) is 11.0. The maximum Gasteiger partial charge on any atom is 0.225 e. The van der Waals surface area contributed by atoms with E-state index >= 15 is 0 Å². The molecule has 0 radical (unpaired) electrons. The second kappa shape index (κ2) is 5.02. The van der Waals surface area contributed by atoms with Crippen molar-refractivity contribution in [3.05, 3.63) is 52.8 Å². The van der Waals surface area contributed by atoms with Gasteiger partial charge in [0.15, 0.2) is 17.5 Å². The summed E-state index contributed by atoms with van der Waals surface area (Å²) in [6.45, 7) is 0. The molecule has 1 aliphatic heterocycles. The van der Waals surface area contributed by atoms with Gasteiger partial charge in [-0.15, -0.1) is 0 Å². The Kier molecular flexibility index (Phi) is 3.08. The Hall–Kier alpha value is -2.48. The molecule has 0 fully saturated rings. The summed E-state index contributed by atoms with van der Waals surface area (Å²) in [4.78, 5) is 11.9. The fourth-order valence-corrected chi connectivity index (χ4v) is 3.43. The molecule has 116 valence electrons. The van der Waals surface area contributed by atoms with Gasteiger partial charge in [-0.25, -0.2) is 13.2 Å². The second-order valence-corrected chi connectivity index (χ2v) is 5.79. The average molecular weight is 335 g/mol. The fraction of sp³-hybridized carbons (Fsp3) is 0.133. The van der Waals surface area contributed by atoms with Gasteiger partial charge in [-0.1, -0.05) is 0 Å². The van der Waals surface area contributed by atoms with Crippen LogP contribution in [0.2, 0.25) is 0 Å². The SMILES string of the molecule is O=C1C[C@@H](c2cc(F)c(F)c(F)c2)c2c(ccc3nsnc23)N1. The Labute approximate surface area is 132 Å². The number of rotatable bonds is 1. The summed E-state index contributed by atoms with van der Waals surface area (Å²) in [7, 11) is 0. The minimum Gasteiger partial charge on any atom is -0.326 e. The predicted molar refractivity (Wildman–Crippen MR) is 78.8 cm³/mol. The van der Waals surface area contributed by atoms with Crippen molar-refractivity contribution in [2.24, 2.45) is 0 Å². The van der Waals surface area contributed by atoms with E-state index in [2.05, 4.69) is 14.1 Å². The molecular formula is C15H8F3N3OS. The topological polar surface area (TPSA) is 54.9 Å². The number of halogens is 3. The molecule has 2 aromatic carbocycles. The van der Waals surface area contributed by atoms with E-state index in [1.54, 1.807) is 12.1 Å². The Morgan fingerprint density at radius 2 is 1.87 bits per heavy atom. The van der Waals surface area contributed by atoms with Crippen LogP contribution in [0.1, 0.15) is 23.5 Å². The van der Waals surface area contributed by atoms with Crippen molar-refractivity contribution in [2.45, 2.75) is 12.3 Å². The lowest BCUT2D eigenvalue weighted by molar-refractivity contribution is -0.116. The van der Waals surface area contributed by atoms with Gasteiger partial charge in [0.2, 0.25) is 5.91 Å². The summed E-state index contributed by atoms with van der Waals surface area (Å²) in [6, 6.07) is 5.24. The first kappa shape index (κ1) is 14.1. The number of benzene rings is 2. The third kappa shape index (κ3) is 2.17. The summed E-state index contributed by atoms with van der Waals surface area (Å²) in [6.07, 6.45) is -0.00580. The second-order valence-electron chi connectivity index (χ2n) is 5.26. The van der Waals surface area contributed by atoms with Crippen molar-refractivity contribution >= 4 is 34.4 Å². The maximum absolute atomic E-state index is 13.6. The van der Waals surface area contributed by atoms with Crippen LogP contribution in [0.25, 0.3) is 11.0 Å². The van der Waals surface area contributed by atoms with Gasteiger partial charge in [0.1, 0.15) is 11.0 Å². The molecule has 1 atom stereocenters. The van der Waals surface area contributed by atoms with Crippen molar-refractivity contribution in [2.75, 3.05) is 5.32 Å². The molecule has 1 N–H and O–H groups in total. The normalized spacial score (nSPS) is 17.2. The molecule has 0 aliphatic carbocycles. The minimum atomic E-state index is -1.53. The third-order valence-corrected chi connectivity index (χ3v) is 4.43. The highest BCUT2D eigenvalue weighted by Crippen LogP contribution is 2.41. The van der Waals surface area contributed by atoms with E-state index in [0.29, 0.717) is 22.3 Å². The van der Waals surface area contributed by atoms with Crippen molar-refractivity contribution in [1.82, 2.24) is 8.75 Å². The van der Waals surface area contributed by atoms with E-state index < -0.39 is 23.4 Å². The van der Waals surface area contributed by atoms with Gasteiger partial charge >= 0.3 is 0 Å². The number of anilines is 1. The highest BCUT2D eigenvalue weighted by Gasteiger charge is 2.31. The van der Waals surface area contributed by atoms with Gasteiger partial charge in [0, 0.05) is 23.6 Å². The zero-order valence-corrected chi connectivity index (χ0v) is 12.3. The Morgan fingerprint density at radius 1 is 1.13 bits per heavy atom. The average Bonchev–Trinajstić information content (AvgIpc) is 2.99. The number of aromatic nitrogens is 2. The molecule has 0 bridgehead atoms. The molecule has 1 aliphatic rings. The van der Waals surface area contributed by atoms with Gasteiger partial charge in [-0.05, 0) is 29.8 Å². The first-order valence-corrected chi connectivity index (χ1v) is 7.47. The van der Waals surface area contributed by atoms with Gasteiger partial charge in [0.05, 0.1) is 11.7 Å². The number of carbonyl (C=O) groups is 1. The predicted octanol–water partition coefficient (Wildman–Crippen LogP) is 3.58. The van der Waals surface area contributed by atoms with E-state index in [1.165, 1.54) is 0 Å². The van der Waals surface area contributed by atoms with Crippen molar-refractivity contribution in [3.63, 3.8) is 0 Å². The van der Waals surface area contributed by atoms with Crippen LogP contribution in [-0.4, -0.2) is 14.7 Å². The van der Waals surface area contributed by atoms with Crippen molar-refractivity contribution in [3.8, 4) is 0 Å². The number of carbonyl (C=O) groups excluding carboxylic acids is 1. The van der Waals surface area contributed by atoms with Gasteiger partial charge < -0.3 is 5.32 Å². The zero-order chi connectivity index (χ0) is 16.1. The molecule has 0 saturated heterocycles. The van der Waals surface area contributed by atoms with E-state index in [4.69, 9.17) is 0 Å². The zero-order valence-electron chi connectivity index (χ0n) is 11.4. The number of nitrogens with one attached hydrogen (secondary N) is 1. The summed E-state index contributed by atoms with van der Waals surface area (Å²) in [5.74, 6) is -4.99. The van der Waals surface area contributed by atoms with Crippen LogP contribution < -0.4 is 5.32 Å². The molecule has 1 amide bonds. The fourth-order valence-electron chi connectivity index (χ4n) is 2.88. The van der Waals surface area contributed by atoms with Crippen LogP contribution in [0.4, 0.5) is 18.9 Å². The Bertz CT molecular complexity index is 933. The van der Waals surface area contributed by atoms with Gasteiger partial charge in [0.25, 0.3) is 0 Å². The molecule has 4 nitrogen and oxygen atoms in total. The number of fused-ring (bicyclic) bond motifs is 3. The van der Waals surface area contributed by atoms with Crippen molar-refractivity contribution in [1.29, 1.82) is 0 Å². The standard InChI is InChI=1S/C15H8F3N3OS/c16-8-3-6(4-9(17)14(8)18)7-5-12(22)19-10-1-2-11-15(13(7)10)21-23-20-11/h1-4,7H,5H2,(H,19,22)/t7-/m0/s1. The molecule has 2 heterocycles. The lowest BCUT2D eigenvalue weighted by Crippen LogP contribution is -2.24. The Balaban J connectivity index is 1.97. The molecule has 1 aromatic heterocycles. The number of nitrogens with zero attached hydrogens (tertiary/aromatic N) is 2. The third-order valence-electron chi connectivity index (χ3n) is 3.89. The molecule has 0 saturated carbocycles. The van der Waals surface area contributed by atoms with Crippen LogP contribution in [0.3, 0.4) is 0 Å². The summed E-state index contributed by atoms with van der Waals surface area (Å²) >= 11 is 1.01. The van der Waals surface area contributed by atoms with E-state index in [9.17, 15) is 18.0 Å². The number of hydrogen-bond donors (Lipinski definition) is 1. The van der Waals surface area contributed by atoms with E-state index in [-0.39, 0.29) is 17.9 Å². The van der Waals surface area contributed by atoms with Crippen LogP contribution in [-0.2, 0) is 4.79 Å². The molecule has 3 aromatic rings. The van der Waals surface area contributed by atoms with Crippen LogP contribution in [0, 0.1) is 17.5 Å². The molecule has 4 rings (SSSR count). The lowest BCUT2D eigenvalue weighted by Gasteiger charge is -2.26. The molecule has 8 heteroatoms. The number of amides is 1. The van der Waals surface area contributed by atoms with Crippen LogP contribution in [0.5, 0.6) is 0 Å². The maximum atomic E-state index is 13.6. The van der Waals surface area contributed by atoms with Gasteiger partial charge in [-0.2, -0.15) is 8.75 Å². The molecule has 0 spiro atoms. The van der Waals surface area contributed by atoms with E-state index in [1.807, 2.05) is 0 Å². The monoisotopic (exact) mass is 335 g/mol. The van der Waals surface area contributed by atoms with Crippen LogP contribution in [0.15, 0.2) is 24.3 Å². The smallest absolute Gasteiger partial charge is 0.225 e. The molecular weight excluding hydrogens is 327 g/mol. The van der Waals surface area contributed by atoms with Crippen LogP contribution >= 0.6 is 11.7 Å². The van der Waals surface area contributed by atoms with E-state index in [0.717, 1.165) is 23.9 Å². The van der Waals surface area contributed by atoms with Gasteiger partial charge in [-0.3, -0.25) is 4.79 Å². The summed E-state index contributed by atoms with van der Waals surface area (Å²) in [5, 5.41) is 2.72. The quantitative estimate of drug-likeness (QED) is 0.692.